The first-order valence-electron chi connectivity index (χ1n) is 11.7. The second-order valence-corrected chi connectivity index (χ2v) is 9.60. The van der Waals surface area contributed by atoms with Crippen LogP contribution in [0.25, 0.3) is 16.9 Å². The lowest BCUT2D eigenvalue weighted by molar-refractivity contribution is 0.0784. The van der Waals surface area contributed by atoms with Crippen molar-refractivity contribution in [3.63, 3.8) is 0 Å². The van der Waals surface area contributed by atoms with Crippen LogP contribution < -0.4 is 4.74 Å². The lowest BCUT2D eigenvalue weighted by atomic mass is 9.96. The van der Waals surface area contributed by atoms with E-state index in [9.17, 15) is 9.90 Å². The molecule has 0 unspecified atom stereocenters. The van der Waals surface area contributed by atoms with Crippen LogP contribution in [-0.2, 0) is 12.0 Å². The molecule has 0 aliphatic carbocycles. The molecule has 0 spiro atoms. The van der Waals surface area contributed by atoms with E-state index in [2.05, 4.69) is 15.0 Å². The van der Waals surface area contributed by atoms with Gasteiger partial charge in [0.25, 0.3) is 0 Å². The molecule has 182 valence electrons. The van der Waals surface area contributed by atoms with Crippen molar-refractivity contribution in [3.8, 4) is 17.0 Å². The zero-order valence-electron chi connectivity index (χ0n) is 20.9. The summed E-state index contributed by atoms with van der Waals surface area (Å²) in [7, 11) is 4.03. The molecule has 7 nitrogen and oxygen atoms in total. The minimum Gasteiger partial charge on any atom is -0.492 e. The van der Waals surface area contributed by atoms with Crippen molar-refractivity contribution in [1.82, 2.24) is 19.5 Å². The van der Waals surface area contributed by atoms with Gasteiger partial charge in [0.05, 0.1) is 29.1 Å². The molecule has 0 amide bonds. The summed E-state index contributed by atoms with van der Waals surface area (Å²) < 4.78 is 7.63. The maximum Gasteiger partial charge on any atom is 0.168 e. The summed E-state index contributed by atoms with van der Waals surface area (Å²) in [5.41, 5.74) is 4.46. The van der Waals surface area contributed by atoms with Gasteiger partial charge in [0.2, 0.25) is 0 Å². The van der Waals surface area contributed by atoms with Crippen LogP contribution in [0.4, 0.5) is 0 Å². The van der Waals surface area contributed by atoms with E-state index in [4.69, 9.17) is 4.74 Å². The molecule has 0 fully saturated rings. The lowest BCUT2D eigenvalue weighted by Gasteiger charge is -2.17. The van der Waals surface area contributed by atoms with Gasteiger partial charge in [-0.2, -0.15) is 5.10 Å². The Hall–Kier alpha value is -3.55. The molecule has 2 heterocycles. The smallest absolute Gasteiger partial charge is 0.168 e. The van der Waals surface area contributed by atoms with E-state index in [1.807, 2.05) is 61.9 Å². The number of Topliss-reactive ketones (excluding diaryl/α,β-unsaturated/α-hetero) is 1. The number of aromatic nitrogens is 3. The molecule has 0 radical (unpaired) electrons. The van der Waals surface area contributed by atoms with Crippen LogP contribution in [0, 0.1) is 6.92 Å². The summed E-state index contributed by atoms with van der Waals surface area (Å²) in [5, 5.41) is 14.8. The van der Waals surface area contributed by atoms with Crippen LogP contribution in [0.2, 0.25) is 0 Å². The number of carbonyl (C=O) groups excluding carboxylic acids is 1. The van der Waals surface area contributed by atoms with Gasteiger partial charge in [-0.1, -0.05) is 24.3 Å². The lowest BCUT2D eigenvalue weighted by Crippen LogP contribution is -2.19. The van der Waals surface area contributed by atoms with Gasteiger partial charge in [-0.3, -0.25) is 4.79 Å². The van der Waals surface area contributed by atoms with Crippen molar-refractivity contribution >= 4 is 11.4 Å². The number of carbonyl (C=O) groups is 1. The molecule has 4 rings (SSSR count). The average molecular weight is 473 g/mol. The summed E-state index contributed by atoms with van der Waals surface area (Å²) in [6, 6.07) is 18.8. The molecular weight excluding hydrogens is 440 g/mol. The Balaban J connectivity index is 1.59. The van der Waals surface area contributed by atoms with Gasteiger partial charge in [-0.05, 0) is 70.8 Å². The number of hydrogen-bond donors (Lipinski definition) is 1. The molecule has 2 aromatic carbocycles. The van der Waals surface area contributed by atoms with E-state index in [1.165, 1.54) is 0 Å². The van der Waals surface area contributed by atoms with Crippen molar-refractivity contribution in [2.75, 3.05) is 27.2 Å². The van der Waals surface area contributed by atoms with Gasteiger partial charge < -0.3 is 14.7 Å². The van der Waals surface area contributed by atoms with Crippen molar-refractivity contribution in [3.05, 3.63) is 83.2 Å². The Morgan fingerprint density at radius 3 is 2.37 bits per heavy atom. The molecule has 0 saturated carbocycles. The molecule has 0 saturated heterocycles. The van der Waals surface area contributed by atoms with E-state index < -0.39 is 5.60 Å². The van der Waals surface area contributed by atoms with Gasteiger partial charge >= 0.3 is 0 Å². The molecule has 4 aromatic rings. The van der Waals surface area contributed by atoms with Crippen molar-refractivity contribution in [1.29, 1.82) is 0 Å². The van der Waals surface area contributed by atoms with Gasteiger partial charge in [0.1, 0.15) is 12.4 Å². The number of likely N-dealkylation sites (N-methyl/N-ethyl adjacent to an activating group) is 1. The monoisotopic (exact) mass is 472 g/mol. The van der Waals surface area contributed by atoms with Crippen LogP contribution in [0.15, 0.2) is 60.7 Å². The van der Waals surface area contributed by atoms with Crippen LogP contribution in [-0.4, -0.2) is 57.6 Å². The summed E-state index contributed by atoms with van der Waals surface area (Å²) in [4.78, 5) is 19.8. The fourth-order valence-corrected chi connectivity index (χ4v) is 3.84. The molecule has 0 atom stereocenters. The van der Waals surface area contributed by atoms with Crippen LogP contribution in [0.3, 0.4) is 0 Å². The molecule has 0 aliphatic rings. The summed E-state index contributed by atoms with van der Waals surface area (Å²) >= 11 is 0. The number of hydrogen-bond acceptors (Lipinski definition) is 6. The van der Waals surface area contributed by atoms with E-state index in [0.29, 0.717) is 23.5 Å². The summed E-state index contributed by atoms with van der Waals surface area (Å²) in [5.74, 6) is 0.776. The number of aryl methyl sites for hydroxylation is 1. The first-order valence-corrected chi connectivity index (χ1v) is 11.7. The quantitative estimate of drug-likeness (QED) is 0.366. The number of aliphatic hydroxyl groups is 1. The Kier molecular flexibility index (Phi) is 7.00. The standard InChI is InChI=1S/C28H32N4O3/c1-19-16-27-29-23(18-26(33)21-6-10-22(11-7-21)28(2,3)34)17-25(32(27)30-19)20-8-12-24(13-9-20)35-15-14-31(4)5/h6-13,16-17,34H,14-15,18H2,1-5H3. The van der Waals surface area contributed by atoms with Gasteiger partial charge in [-0.15, -0.1) is 0 Å². The van der Waals surface area contributed by atoms with E-state index in [-0.39, 0.29) is 12.2 Å². The highest BCUT2D eigenvalue weighted by molar-refractivity contribution is 5.97. The third kappa shape index (κ3) is 5.93. The number of fused-ring (bicyclic) bond motifs is 1. The van der Waals surface area contributed by atoms with E-state index in [1.54, 1.807) is 38.1 Å². The zero-order chi connectivity index (χ0) is 25.2. The Morgan fingerprint density at radius 1 is 1.06 bits per heavy atom. The first kappa shape index (κ1) is 24.6. The van der Waals surface area contributed by atoms with Gasteiger partial charge in [-0.25, -0.2) is 9.50 Å². The molecule has 35 heavy (non-hydrogen) atoms. The predicted octanol–water partition coefficient (Wildman–Crippen LogP) is 4.30. The minimum absolute atomic E-state index is 0.0315. The van der Waals surface area contributed by atoms with Crippen molar-refractivity contribution in [2.24, 2.45) is 0 Å². The van der Waals surface area contributed by atoms with Gasteiger partial charge in [0.15, 0.2) is 11.4 Å². The second kappa shape index (κ2) is 9.98. The van der Waals surface area contributed by atoms with Crippen LogP contribution in [0.1, 0.15) is 41.2 Å². The van der Waals surface area contributed by atoms with Crippen molar-refractivity contribution < 1.29 is 14.6 Å². The SMILES string of the molecule is Cc1cc2nc(CC(=O)c3ccc(C(C)(C)O)cc3)cc(-c3ccc(OCCN(C)C)cc3)n2n1. The first-order chi connectivity index (χ1) is 16.6. The molecular formula is C28H32N4O3. The van der Waals surface area contributed by atoms with Crippen LogP contribution in [0.5, 0.6) is 5.75 Å². The summed E-state index contributed by atoms with van der Waals surface area (Å²) in [6.07, 6.45) is 0.168. The number of ketones is 1. The Labute approximate surface area is 206 Å². The molecule has 0 bridgehead atoms. The molecule has 1 N–H and O–H groups in total. The maximum atomic E-state index is 13.0. The fraction of sp³-hybridized carbons (Fsp3) is 0.321. The fourth-order valence-electron chi connectivity index (χ4n) is 3.84. The second-order valence-electron chi connectivity index (χ2n) is 9.60. The Bertz CT molecular complexity index is 1320. The highest BCUT2D eigenvalue weighted by atomic mass is 16.5. The van der Waals surface area contributed by atoms with Crippen molar-refractivity contribution in [2.45, 2.75) is 32.8 Å². The number of nitrogens with zero attached hydrogens (tertiary/aromatic N) is 4. The highest BCUT2D eigenvalue weighted by Gasteiger charge is 2.18. The predicted molar refractivity (Wildman–Crippen MR) is 137 cm³/mol. The van der Waals surface area contributed by atoms with Gasteiger partial charge in [0, 0.05) is 23.7 Å². The normalized spacial score (nSPS) is 11.9. The number of ether oxygens (including phenoxy) is 1. The summed E-state index contributed by atoms with van der Waals surface area (Å²) in [6.45, 7) is 6.83. The molecule has 7 heteroatoms. The molecule has 2 aromatic heterocycles. The number of rotatable bonds is 9. The third-order valence-corrected chi connectivity index (χ3v) is 5.81. The topological polar surface area (TPSA) is 80.0 Å². The third-order valence-electron chi connectivity index (χ3n) is 5.81. The maximum absolute atomic E-state index is 13.0. The highest BCUT2D eigenvalue weighted by Crippen LogP contribution is 2.25. The number of benzene rings is 2. The molecule has 0 aliphatic heterocycles. The average Bonchev–Trinajstić information content (AvgIpc) is 3.18. The minimum atomic E-state index is -0.949. The van der Waals surface area contributed by atoms with E-state index >= 15 is 0 Å². The van der Waals surface area contributed by atoms with E-state index in [0.717, 1.165) is 34.8 Å². The zero-order valence-corrected chi connectivity index (χ0v) is 20.9. The Morgan fingerprint density at radius 2 is 1.74 bits per heavy atom. The largest absolute Gasteiger partial charge is 0.492 e. The van der Waals surface area contributed by atoms with Crippen LogP contribution >= 0.6 is 0 Å².